The van der Waals surface area contributed by atoms with Gasteiger partial charge in [-0.3, -0.25) is 9.59 Å². The predicted octanol–water partition coefficient (Wildman–Crippen LogP) is 1.05. The fourth-order valence-electron chi connectivity index (χ4n) is 2.03. The molecule has 0 spiro atoms. The molecule has 0 heterocycles. The standard InChI is InChI=1S/C13H16N2O2/c14-10-6-4-9(5-7-10)8-13(17)15-11-2-1-3-12(11)16/h4-7,11H,1-3,8,14H2,(H,15,17). The third-order valence-electron chi connectivity index (χ3n) is 2.98. The molecule has 4 heteroatoms. The summed E-state index contributed by atoms with van der Waals surface area (Å²) in [6, 6.07) is 6.92. The maximum Gasteiger partial charge on any atom is 0.224 e. The molecule has 0 aromatic heterocycles. The summed E-state index contributed by atoms with van der Waals surface area (Å²) in [5.74, 6) is 0.0469. The molecular formula is C13H16N2O2. The van der Waals surface area contributed by atoms with Crippen molar-refractivity contribution in [2.75, 3.05) is 5.73 Å². The summed E-state index contributed by atoms with van der Waals surface area (Å²) in [6.45, 7) is 0. The van der Waals surface area contributed by atoms with Crippen molar-refractivity contribution >= 4 is 17.4 Å². The van der Waals surface area contributed by atoms with Crippen molar-refractivity contribution < 1.29 is 9.59 Å². The average molecular weight is 232 g/mol. The highest BCUT2D eigenvalue weighted by Crippen LogP contribution is 2.14. The molecule has 0 aliphatic heterocycles. The molecule has 0 radical (unpaired) electrons. The molecule has 0 bridgehead atoms. The van der Waals surface area contributed by atoms with Crippen LogP contribution in [0.3, 0.4) is 0 Å². The van der Waals surface area contributed by atoms with Crippen LogP contribution in [0, 0.1) is 0 Å². The summed E-state index contributed by atoms with van der Waals surface area (Å²) in [5.41, 5.74) is 7.15. The zero-order valence-corrected chi connectivity index (χ0v) is 9.61. The number of amides is 1. The molecule has 2 rings (SSSR count). The number of rotatable bonds is 3. The van der Waals surface area contributed by atoms with Crippen molar-refractivity contribution in [2.24, 2.45) is 0 Å². The highest BCUT2D eigenvalue weighted by Gasteiger charge is 2.25. The topological polar surface area (TPSA) is 72.2 Å². The molecule has 1 saturated carbocycles. The second-order valence-electron chi connectivity index (χ2n) is 4.40. The molecule has 0 saturated heterocycles. The van der Waals surface area contributed by atoms with Crippen molar-refractivity contribution in [3.63, 3.8) is 0 Å². The van der Waals surface area contributed by atoms with E-state index in [0.29, 0.717) is 18.5 Å². The van der Waals surface area contributed by atoms with Gasteiger partial charge in [0.15, 0.2) is 5.78 Å². The number of hydrogen-bond donors (Lipinski definition) is 2. The highest BCUT2D eigenvalue weighted by molar-refractivity contribution is 5.91. The van der Waals surface area contributed by atoms with Gasteiger partial charge in [0.2, 0.25) is 5.91 Å². The molecule has 1 amide bonds. The molecule has 3 N–H and O–H groups in total. The molecule has 17 heavy (non-hydrogen) atoms. The Morgan fingerprint density at radius 3 is 2.65 bits per heavy atom. The monoisotopic (exact) mass is 232 g/mol. The van der Waals surface area contributed by atoms with Crippen molar-refractivity contribution in [1.29, 1.82) is 0 Å². The second kappa shape index (κ2) is 4.99. The van der Waals surface area contributed by atoms with Crippen LogP contribution in [-0.4, -0.2) is 17.7 Å². The number of nitrogen functional groups attached to an aromatic ring is 1. The Balaban J connectivity index is 1.88. The zero-order chi connectivity index (χ0) is 12.3. The van der Waals surface area contributed by atoms with Crippen molar-refractivity contribution in [3.8, 4) is 0 Å². The summed E-state index contributed by atoms with van der Waals surface area (Å²) in [7, 11) is 0. The Kier molecular flexibility index (Phi) is 3.42. The number of nitrogens with one attached hydrogen (secondary N) is 1. The minimum absolute atomic E-state index is 0.102. The summed E-state index contributed by atoms with van der Waals surface area (Å²) in [6.07, 6.45) is 2.54. The van der Waals surface area contributed by atoms with Crippen LogP contribution < -0.4 is 11.1 Å². The summed E-state index contributed by atoms with van der Waals surface area (Å²) in [4.78, 5) is 23.1. The van der Waals surface area contributed by atoms with E-state index < -0.39 is 0 Å². The van der Waals surface area contributed by atoms with Crippen molar-refractivity contribution in [3.05, 3.63) is 29.8 Å². The first-order valence-electron chi connectivity index (χ1n) is 5.81. The van der Waals surface area contributed by atoms with E-state index in [0.717, 1.165) is 18.4 Å². The van der Waals surface area contributed by atoms with Crippen LogP contribution in [0.4, 0.5) is 5.69 Å². The Morgan fingerprint density at radius 2 is 2.06 bits per heavy atom. The van der Waals surface area contributed by atoms with Crippen LogP contribution in [0.15, 0.2) is 24.3 Å². The molecule has 1 aliphatic carbocycles. The molecule has 4 nitrogen and oxygen atoms in total. The number of benzene rings is 1. The first kappa shape index (κ1) is 11.6. The number of hydrogen-bond acceptors (Lipinski definition) is 3. The smallest absolute Gasteiger partial charge is 0.224 e. The molecule has 1 atom stereocenters. The summed E-state index contributed by atoms with van der Waals surface area (Å²) in [5, 5.41) is 2.77. The Hall–Kier alpha value is -1.84. The van der Waals surface area contributed by atoms with Crippen LogP contribution in [0.25, 0.3) is 0 Å². The highest BCUT2D eigenvalue weighted by atomic mass is 16.2. The van der Waals surface area contributed by atoms with Gasteiger partial charge in [-0.15, -0.1) is 0 Å². The lowest BCUT2D eigenvalue weighted by atomic mass is 10.1. The number of carbonyl (C=O) groups is 2. The normalized spacial score (nSPS) is 19.3. The number of anilines is 1. The van der Waals surface area contributed by atoms with E-state index in [9.17, 15) is 9.59 Å². The van der Waals surface area contributed by atoms with Crippen LogP contribution in [0.1, 0.15) is 24.8 Å². The van der Waals surface area contributed by atoms with E-state index in [2.05, 4.69) is 5.32 Å². The average Bonchev–Trinajstić information content (AvgIpc) is 2.68. The lowest BCUT2D eigenvalue weighted by molar-refractivity contribution is -0.126. The van der Waals surface area contributed by atoms with Crippen LogP contribution in [-0.2, 0) is 16.0 Å². The second-order valence-corrected chi connectivity index (χ2v) is 4.40. The predicted molar refractivity (Wildman–Crippen MR) is 65.3 cm³/mol. The van der Waals surface area contributed by atoms with Crippen molar-refractivity contribution in [2.45, 2.75) is 31.7 Å². The molecule has 1 aromatic carbocycles. The quantitative estimate of drug-likeness (QED) is 0.765. The first-order valence-corrected chi connectivity index (χ1v) is 5.81. The zero-order valence-electron chi connectivity index (χ0n) is 9.61. The third kappa shape index (κ3) is 3.06. The Bertz CT molecular complexity index is 426. The van der Waals surface area contributed by atoms with Gasteiger partial charge in [0.25, 0.3) is 0 Å². The number of carbonyl (C=O) groups excluding carboxylic acids is 2. The van der Waals surface area contributed by atoms with E-state index in [4.69, 9.17) is 5.73 Å². The summed E-state index contributed by atoms with van der Waals surface area (Å²) < 4.78 is 0. The van der Waals surface area contributed by atoms with E-state index in [-0.39, 0.29) is 17.7 Å². The molecular weight excluding hydrogens is 216 g/mol. The van der Waals surface area contributed by atoms with Gasteiger partial charge in [0, 0.05) is 12.1 Å². The van der Waals surface area contributed by atoms with Crippen LogP contribution in [0.2, 0.25) is 0 Å². The fraction of sp³-hybridized carbons (Fsp3) is 0.385. The maximum absolute atomic E-state index is 11.7. The maximum atomic E-state index is 11.7. The van der Waals surface area contributed by atoms with Gasteiger partial charge in [-0.25, -0.2) is 0 Å². The van der Waals surface area contributed by atoms with E-state index >= 15 is 0 Å². The van der Waals surface area contributed by atoms with Crippen molar-refractivity contribution in [1.82, 2.24) is 5.32 Å². The number of nitrogens with two attached hydrogens (primary N) is 1. The van der Waals surface area contributed by atoms with E-state index in [1.54, 1.807) is 12.1 Å². The molecule has 1 fully saturated rings. The minimum atomic E-state index is -0.267. The van der Waals surface area contributed by atoms with Gasteiger partial charge in [-0.1, -0.05) is 12.1 Å². The molecule has 1 aliphatic rings. The van der Waals surface area contributed by atoms with E-state index in [1.807, 2.05) is 12.1 Å². The Labute approximate surface area is 100 Å². The van der Waals surface area contributed by atoms with Gasteiger partial charge in [0.1, 0.15) is 0 Å². The largest absolute Gasteiger partial charge is 0.399 e. The molecule has 1 unspecified atom stereocenters. The Morgan fingerprint density at radius 1 is 1.35 bits per heavy atom. The van der Waals surface area contributed by atoms with Gasteiger partial charge in [-0.05, 0) is 30.5 Å². The molecule has 90 valence electrons. The van der Waals surface area contributed by atoms with Gasteiger partial charge in [-0.2, -0.15) is 0 Å². The summed E-state index contributed by atoms with van der Waals surface area (Å²) >= 11 is 0. The lowest BCUT2D eigenvalue weighted by Gasteiger charge is -2.10. The van der Waals surface area contributed by atoms with Crippen LogP contribution >= 0.6 is 0 Å². The SMILES string of the molecule is Nc1ccc(CC(=O)NC2CCCC2=O)cc1. The van der Waals surface area contributed by atoms with Gasteiger partial charge >= 0.3 is 0 Å². The minimum Gasteiger partial charge on any atom is -0.399 e. The molecule has 1 aromatic rings. The lowest BCUT2D eigenvalue weighted by Crippen LogP contribution is -2.38. The number of ketones is 1. The number of Topliss-reactive ketones (excluding diaryl/α,β-unsaturated/α-hetero) is 1. The van der Waals surface area contributed by atoms with Crippen LogP contribution in [0.5, 0.6) is 0 Å². The van der Waals surface area contributed by atoms with Gasteiger partial charge in [0.05, 0.1) is 12.5 Å². The fourth-order valence-corrected chi connectivity index (χ4v) is 2.03. The third-order valence-corrected chi connectivity index (χ3v) is 2.98. The first-order chi connectivity index (χ1) is 8.15. The van der Waals surface area contributed by atoms with E-state index in [1.165, 1.54) is 0 Å². The van der Waals surface area contributed by atoms with Gasteiger partial charge < -0.3 is 11.1 Å².